The van der Waals surface area contributed by atoms with Crippen LogP contribution >= 0.6 is 0 Å². The van der Waals surface area contributed by atoms with Crippen LogP contribution < -0.4 is 20.7 Å². The van der Waals surface area contributed by atoms with Crippen molar-refractivity contribution in [2.75, 3.05) is 44.2 Å². The molecule has 30 heavy (non-hydrogen) atoms. The van der Waals surface area contributed by atoms with Crippen LogP contribution in [0.5, 0.6) is 5.75 Å². The zero-order valence-electron chi connectivity index (χ0n) is 16.9. The molecule has 0 saturated carbocycles. The molecule has 3 N–H and O–H groups in total. The number of hydrogen-bond donors (Lipinski definition) is 2. The monoisotopic (exact) mass is 414 g/mol. The van der Waals surface area contributed by atoms with E-state index in [9.17, 15) is 14.0 Å². The third-order valence-corrected chi connectivity index (χ3v) is 4.94. The van der Waals surface area contributed by atoms with Gasteiger partial charge in [-0.3, -0.25) is 14.5 Å². The average Bonchev–Trinajstić information content (AvgIpc) is 2.97. The van der Waals surface area contributed by atoms with Crippen molar-refractivity contribution < 1.29 is 18.7 Å². The van der Waals surface area contributed by atoms with Gasteiger partial charge in [-0.15, -0.1) is 0 Å². The standard InChI is InChI=1S/C22H27FN4O3/c23-18-4-6-19(7-5-18)27-11-1-10-26(12-13-27)15-22(29)25-14-17-2-8-20(9-3-17)30-16-21(24)28/h2-9H,1,10-16H2,(H2,24,28)(H,25,29). The van der Waals surface area contributed by atoms with Crippen LogP contribution in [0.4, 0.5) is 10.1 Å². The van der Waals surface area contributed by atoms with Crippen LogP contribution in [-0.2, 0) is 16.1 Å². The molecule has 1 aliphatic heterocycles. The van der Waals surface area contributed by atoms with Crippen molar-refractivity contribution >= 4 is 17.5 Å². The fourth-order valence-corrected chi connectivity index (χ4v) is 3.36. The number of halogens is 1. The summed E-state index contributed by atoms with van der Waals surface area (Å²) in [5.41, 5.74) is 6.99. The van der Waals surface area contributed by atoms with Gasteiger partial charge in [-0.1, -0.05) is 12.1 Å². The largest absolute Gasteiger partial charge is 0.484 e. The topological polar surface area (TPSA) is 87.9 Å². The van der Waals surface area contributed by atoms with E-state index in [1.165, 1.54) is 12.1 Å². The molecule has 0 spiro atoms. The Kier molecular flexibility index (Phi) is 7.62. The Bertz CT molecular complexity index is 842. The highest BCUT2D eigenvalue weighted by molar-refractivity contribution is 5.78. The molecule has 0 aromatic heterocycles. The number of nitrogens with two attached hydrogens (primary N) is 1. The van der Waals surface area contributed by atoms with Crippen molar-refractivity contribution in [1.82, 2.24) is 10.2 Å². The van der Waals surface area contributed by atoms with Gasteiger partial charge in [-0.25, -0.2) is 4.39 Å². The zero-order valence-corrected chi connectivity index (χ0v) is 16.9. The summed E-state index contributed by atoms with van der Waals surface area (Å²) in [7, 11) is 0. The van der Waals surface area contributed by atoms with E-state index in [0.717, 1.165) is 43.9 Å². The Balaban J connectivity index is 1.41. The lowest BCUT2D eigenvalue weighted by atomic mass is 10.2. The number of anilines is 1. The van der Waals surface area contributed by atoms with Gasteiger partial charge in [0, 0.05) is 38.4 Å². The lowest BCUT2D eigenvalue weighted by Crippen LogP contribution is -2.39. The Morgan fingerprint density at radius 2 is 1.73 bits per heavy atom. The molecule has 1 aliphatic rings. The van der Waals surface area contributed by atoms with Crippen molar-refractivity contribution in [1.29, 1.82) is 0 Å². The molecule has 2 aromatic carbocycles. The van der Waals surface area contributed by atoms with E-state index >= 15 is 0 Å². The molecule has 8 heteroatoms. The predicted molar refractivity (Wildman–Crippen MR) is 113 cm³/mol. The fourth-order valence-electron chi connectivity index (χ4n) is 3.36. The van der Waals surface area contributed by atoms with Crippen LogP contribution in [0.15, 0.2) is 48.5 Å². The minimum absolute atomic E-state index is 0.0284. The highest BCUT2D eigenvalue weighted by Crippen LogP contribution is 2.17. The minimum atomic E-state index is -0.527. The molecular weight excluding hydrogens is 387 g/mol. The first-order valence-electron chi connectivity index (χ1n) is 9.99. The molecule has 1 fully saturated rings. The van der Waals surface area contributed by atoms with Gasteiger partial charge in [-0.05, 0) is 48.4 Å². The smallest absolute Gasteiger partial charge is 0.255 e. The number of carbonyl (C=O) groups is 2. The summed E-state index contributed by atoms with van der Waals surface area (Å²) in [4.78, 5) is 27.4. The van der Waals surface area contributed by atoms with Gasteiger partial charge in [0.2, 0.25) is 5.91 Å². The summed E-state index contributed by atoms with van der Waals surface area (Å²) in [6.07, 6.45) is 0.942. The first-order chi connectivity index (χ1) is 14.5. The molecule has 2 amide bonds. The van der Waals surface area contributed by atoms with E-state index in [4.69, 9.17) is 10.5 Å². The molecule has 0 bridgehead atoms. The third kappa shape index (κ3) is 6.73. The number of amides is 2. The number of benzene rings is 2. The fraction of sp³-hybridized carbons (Fsp3) is 0.364. The Morgan fingerprint density at radius 1 is 1.00 bits per heavy atom. The van der Waals surface area contributed by atoms with Gasteiger partial charge in [0.25, 0.3) is 5.91 Å². The van der Waals surface area contributed by atoms with Gasteiger partial charge in [0.1, 0.15) is 11.6 Å². The first kappa shape index (κ1) is 21.6. The summed E-state index contributed by atoms with van der Waals surface area (Å²) in [6, 6.07) is 13.7. The number of rotatable bonds is 8. The van der Waals surface area contributed by atoms with Gasteiger partial charge in [0.05, 0.1) is 6.54 Å². The van der Waals surface area contributed by atoms with E-state index in [-0.39, 0.29) is 18.3 Å². The Morgan fingerprint density at radius 3 is 2.43 bits per heavy atom. The van der Waals surface area contributed by atoms with Crippen LogP contribution in [0.2, 0.25) is 0 Å². The minimum Gasteiger partial charge on any atom is -0.484 e. The molecule has 7 nitrogen and oxygen atoms in total. The molecule has 1 saturated heterocycles. The van der Waals surface area contributed by atoms with Crippen LogP contribution in [0, 0.1) is 5.82 Å². The maximum Gasteiger partial charge on any atom is 0.255 e. The summed E-state index contributed by atoms with van der Waals surface area (Å²) in [5, 5.41) is 2.93. The summed E-state index contributed by atoms with van der Waals surface area (Å²) in [5.74, 6) is -0.237. The SMILES string of the molecule is NC(=O)COc1ccc(CNC(=O)CN2CCCN(c3ccc(F)cc3)CC2)cc1. The first-order valence-corrected chi connectivity index (χ1v) is 9.99. The number of nitrogens with one attached hydrogen (secondary N) is 1. The molecule has 0 atom stereocenters. The lowest BCUT2D eigenvalue weighted by Gasteiger charge is -2.23. The van der Waals surface area contributed by atoms with E-state index < -0.39 is 5.91 Å². The molecule has 0 unspecified atom stereocenters. The zero-order chi connectivity index (χ0) is 21.3. The second kappa shape index (κ2) is 10.6. The maximum atomic E-state index is 13.1. The van der Waals surface area contributed by atoms with E-state index in [0.29, 0.717) is 18.8 Å². The molecule has 2 aromatic rings. The summed E-state index contributed by atoms with van der Waals surface area (Å²) < 4.78 is 18.3. The van der Waals surface area contributed by atoms with Crippen molar-refractivity contribution in [2.45, 2.75) is 13.0 Å². The Hall–Kier alpha value is -3.13. The number of nitrogens with zero attached hydrogens (tertiary/aromatic N) is 2. The van der Waals surface area contributed by atoms with Crippen LogP contribution in [0.1, 0.15) is 12.0 Å². The third-order valence-electron chi connectivity index (χ3n) is 4.94. The van der Waals surface area contributed by atoms with E-state index in [1.54, 1.807) is 24.3 Å². The second-order valence-corrected chi connectivity index (χ2v) is 7.27. The number of primary amides is 1. The Labute approximate surface area is 175 Å². The van der Waals surface area contributed by atoms with Gasteiger partial charge in [0.15, 0.2) is 6.61 Å². The quantitative estimate of drug-likeness (QED) is 0.684. The molecule has 0 aliphatic carbocycles. The van der Waals surface area contributed by atoms with Crippen molar-refractivity contribution in [3.63, 3.8) is 0 Å². The van der Waals surface area contributed by atoms with Crippen LogP contribution in [-0.4, -0.2) is 56.0 Å². The van der Waals surface area contributed by atoms with Crippen LogP contribution in [0.3, 0.4) is 0 Å². The van der Waals surface area contributed by atoms with Crippen molar-refractivity contribution in [3.8, 4) is 5.75 Å². The number of ether oxygens (including phenoxy) is 1. The van der Waals surface area contributed by atoms with Gasteiger partial charge >= 0.3 is 0 Å². The highest BCUT2D eigenvalue weighted by atomic mass is 19.1. The number of carbonyl (C=O) groups excluding carboxylic acids is 2. The molecule has 3 rings (SSSR count). The maximum absolute atomic E-state index is 13.1. The number of hydrogen-bond acceptors (Lipinski definition) is 5. The summed E-state index contributed by atoms with van der Waals surface area (Å²) in [6.45, 7) is 3.90. The second-order valence-electron chi connectivity index (χ2n) is 7.27. The van der Waals surface area contributed by atoms with E-state index in [1.807, 2.05) is 12.1 Å². The summed E-state index contributed by atoms with van der Waals surface area (Å²) >= 11 is 0. The van der Waals surface area contributed by atoms with Crippen molar-refractivity contribution in [3.05, 3.63) is 59.9 Å². The predicted octanol–water partition coefficient (Wildman–Crippen LogP) is 1.52. The molecule has 160 valence electrons. The van der Waals surface area contributed by atoms with Gasteiger partial charge in [-0.2, -0.15) is 0 Å². The molecular formula is C22H27FN4O3. The molecule has 1 heterocycles. The highest BCUT2D eigenvalue weighted by Gasteiger charge is 2.17. The van der Waals surface area contributed by atoms with Gasteiger partial charge < -0.3 is 20.7 Å². The normalized spacial score (nSPS) is 14.8. The van der Waals surface area contributed by atoms with Crippen molar-refractivity contribution in [2.24, 2.45) is 5.73 Å². The van der Waals surface area contributed by atoms with Crippen LogP contribution in [0.25, 0.3) is 0 Å². The molecule has 0 radical (unpaired) electrons. The average molecular weight is 414 g/mol. The lowest BCUT2D eigenvalue weighted by molar-refractivity contribution is -0.122. The van der Waals surface area contributed by atoms with E-state index in [2.05, 4.69) is 15.1 Å².